The van der Waals surface area contributed by atoms with Gasteiger partial charge in [0.15, 0.2) is 0 Å². The predicted molar refractivity (Wildman–Crippen MR) is 53.5 cm³/mol. The summed E-state index contributed by atoms with van der Waals surface area (Å²) >= 11 is 0. The van der Waals surface area contributed by atoms with E-state index in [1.54, 1.807) is 0 Å². The van der Waals surface area contributed by atoms with E-state index in [1.165, 1.54) is 12.8 Å². The van der Waals surface area contributed by atoms with Gasteiger partial charge in [0.2, 0.25) is 0 Å². The molecule has 0 bridgehead atoms. The fourth-order valence-corrected chi connectivity index (χ4v) is 1.54. The highest BCUT2D eigenvalue weighted by molar-refractivity contribution is 5.37. The number of nitrogens with two attached hydrogens (primary N) is 1. The van der Waals surface area contributed by atoms with Gasteiger partial charge in [-0.15, -0.1) is 0 Å². The summed E-state index contributed by atoms with van der Waals surface area (Å²) in [7, 11) is 0. The molecule has 2 N–H and O–H groups in total. The van der Waals surface area contributed by atoms with Gasteiger partial charge in [0, 0.05) is 17.7 Å². The fraction of sp³-hybridized carbons (Fsp3) is 0.455. The van der Waals surface area contributed by atoms with E-state index in [-0.39, 0.29) is 6.04 Å². The average molecular weight is 187 g/mol. The lowest BCUT2D eigenvalue weighted by atomic mass is 10.1. The predicted octanol–water partition coefficient (Wildman–Crippen LogP) is 1.85. The number of aromatic nitrogens is 1. The Balaban J connectivity index is 2.42. The van der Waals surface area contributed by atoms with E-state index in [9.17, 15) is 0 Å². The first kappa shape index (κ1) is 9.17. The summed E-state index contributed by atoms with van der Waals surface area (Å²) in [5, 5.41) is 8.87. The van der Waals surface area contributed by atoms with Gasteiger partial charge in [-0.1, -0.05) is 0 Å². The van der Waals surface area contributed by atoms with Gasteiger partial charge in [0.25, 0.3) is 0 Å². The molecule has 1 saturated carbocycles. The van der Waals surface area contributed by atoms with Crippen molar-refractivity contribution in [1.82, 2.24) is 4.98 Å². The van der Waals surface area contributed by atoms with Crippen molar-refractivity contribution >= 4 is 0 Å². The van der Waals surface area contributed by atoms with Gasteiger partial charge in [0.1, 0.15) is 6.07 Å². The van der Waals surface area contributed by atoms with Crippen molar-refractivity contribution in [2.24, 2.45) is 5.73 Å². The van der Waals surface area contributed by atoms with Gasteiger partial charge < -0.3 is 5.73 Å². The molecule has 0 aliphatic heterocycles. The number of nitriles is 1. The molecule has 1 aliphatic rings. The van der Waals surface area contributed by atoms with Crippen molar-refractivity contribution < 1.29 is 0 Å². The number of hydrogen-bond acceptors (Lipinski definition) is 3. The van der Waals surface area contributed by atoms with Crippen LogP contribution in [0.15, 0.2) is 12.1 Å². The zero-order valence-corrected chi connectivity index (χ0v) is 8.20. The molecular formula is C11H13N3. The second-order valence-electron chi connectivity index (χ2n) is 3.84. The van der Waals surface area contributed by atoms with E-state index >= 15 is 0 Å². The molecule has 1 aromatic rings. The van der Waals surface area contributed by atoms with Crippen LogP contribution in [0.2, 0.25) is 0 Å². The molecule has 1 aliphatic carbocycles. The van der Waals surface area contributed by atoms with E-state index in [4.69, 9.17) is 11.0 Å². The van der Waals surface area contributed by atoms with Gasteiger partial charge >= 0.3 is 0 Å². The van der Waals surface area contributed by atoms with Crippen molar-refractivity contribution in [2.45, 2.75) is 31.7 Å². The summed E-state index contributed by atoms with van der Waals surface area (Å²) in [5.41, 5.74) is 8.19. The van der Waals surface area contributed by atoms with Crippen molar-refractivity contribution in [2.75, 3.05) is 0 Å². The summed E-state index contributed by atoms with van der Waals surface area (Å²) in [6.45, 7) is 1.86. The standard InChI is InChI=1S/C11H13N3/c1-7(13)11-9(6-12)4-5-10(14-11)8-2-3-8/h4-5,7-8H,2-3,13H2,1H3. The van der Waals surface area contributed by atoms with E-state index in [2.05, 4.69) is 11.1 Å². The van der Waals surface area contributed by atoms with Gasteiger partial charge in [-0.3, -0.25) is 4.98 Å². The minimum Gasteiger partial charge on any atom is -0.323 e. The third-order valence-electron chi connectivity index (χ3n) is 2.49. The maximum atomic E-state index is 8.87. The number of nitrogens with zero attached hydrogens (tertiary/aromatic N) is 2. The first-order valence-corrected chi connectivity index (χ1v) is 4.89. The summed E-state index contributed by atoms with van der Waals surface area (Å²) in [6, 6.07) is 5.74. The number of pyridine rings is 1. The zero-order chi connectivity index (χ0) is 10.1. The van der Waals surface area contributed by atoms with E-state index in [1.807, 2.05) is 19.1 Å². The summed E-state index contributed by atoms with van der Waals surface area (Å²) < 4.78 is 0. The first-order chi connectivity index (χ1) is 6.72. The van der Waals surface area contributed by atoms with Crippen LogP contribution in [-0.4, -0.2) is 4.98 Å². The zero-order valence-electron chi connectivity index (χ0n) is 8.20. The van der Waals surface area contributed by atoms with Crippen molar-refractivity contribution in [3.8, 4) is 6.07 Å². The van der Waals surface area contributed by atoms with Crippen LogP contribution in [0.4, 0.5) is 0 Å². The molecule has 0 aromatic carbocycles. The summed E-state index contributed by atoms with van der Waals surface area (Å²) in [5.74, 6) is 0.611. The van der Waals surface area contributed by atoms with Crippen LogP contribution in [-0.2, 0) is 0 Å². The first-order valence-electron chi connectivity index (χ1n) is 4.89. The molecule has 1 atom stereocenters. The lowest BCUT2D eigenvalue weighted by Gasteiger charge is -2.08. The normalized spacial score (nSPS) is 17.5. The summed E-state index contributed by atoms with van der Waals surface area (Å²) in [6.07, 6.45) is 2.44. The molecule has 1 heterocycles. The Morgan fingerprint density at radius 2 is 2.29 bits per heavy atom. The van der Waals surface area contributed by atoms with Crippen molar-refractivity contribution in [3.63, 3.8) is 0 Å². The second-order valence-corrected chi connectivity index (χ2v) is 3.84. The quantitative estimate of drug-likeness (QED) is 0.768. The molecule has 2 rings (SSSR count). The molecule has 14 heavy (non-hydrogen) atoms. The minimum atomic E-state index is -0.164. The lowest BCUT2D eigenvalue weighted by Crippen LogP contribution is -2.10. The van der Waals surface area contributed by atoms with Crippen LogP contribution in [0.3, 0.4) is 0 Å². The minimum absolute atomic E-state index is 0.164. The highest BCUT2D eigenvalue weighted by Crippen LogP contribution is 2.39. The molecule has 1 unspecified atom stereocenters. The molecule has 3 heteroatoms. The van der Waals surface area contributed by atoms with Crippen molar-refractivity contribution in [3.05, 3.63) is 29.1 Å². The van der Waals surface area contributed by atoms with E-state index in [0.29, 0.717) is 11.5 Å². The Labute approximate surface area is 83.6 Å². The molecule has 1 fully saturated rings. The Morgan fingerprint density at radius 1 is 1.57 bits per heavy atom. The van der Waals surface area contributed by atoms with Crippen LogP contribution in [0, 0.1) is 11.3 Å². The second kappa shape index (κ2) is 3.39. The highest BCUT2D eigenvalue weighted by Gasteiger charge is 2.25. The van der Waals surface area contributed by atoms with Gasteiger partial charge in [0.05, 0.1) is 11.3 Å². The smallest absolute Gasteiger partial charge is 0.101 e. The van der Waals surface area contributed by atoms with Crippen LogP contribution in [0.25, 0.3) is 0 Å². The Bertz CT molecular complexity index is 386. The third-order valence-corrected chi connectivity index (χ3v) is 2.49. The largest absolute Gasteiger partial charge is 0.323 e. The van der Waals surface area contributed by atoms with Crippen LogP contribution in [0.1, 0.15) is 48.7 Å². The van der Waals surface area contributed by atoms with E-state index in [0.717, 1.165) is 11.4 Å². The van der Waals surface area contributed by atoms with Crippen molar-refractivity contribution in [1.29, 1.82) is 5.26 Å². The Hall–Kier alpha value is -1.40. The summed E-state index contributed by atoms with van der Waals surface area (Å²) in [4.78, 5) is 4.46. The average Bonchev–Trinajstić information content (AvgIpc) is 3.00. The molecule has 0 spiro atoms. The topological polar surface area (TPSA) is 62.7 Å². The molecular weight excluding hydrogens is 174 g/mol. The van der Waals surface area contributed by atoms with Crippen LogP contribution < -0.4 is 5.73 Å². The van der Waals surface area contributed by atoms with Crippen LogP contribution in [0.5, 0.6) is 0 Å². The van der Waals surface area contributed by atoms with Gasteiger partial charge in [-0.05, 0) is 31.9 Å². The van der Waals surface area contributed by atoms with E-state index < -0.39 is 0 Å². The van der Waals surface area contributed by atoms with Crippen LogP contribution >= 0.6 is 0 Å². The molecule has 0 radical (unpaired) electrons. The molecule has 1 aromatic heterocycles. The maximum Gasteiger partial charge on any atom is 0.101 e. The molecule has 0 saturated heterocycles. The molecule has 72 valence electrons. The Morgan fingerprint density at radius 3 is 2.79 bits per heavy atom. The monoisotopic (exact) mass is 187 g/mol. The molecule has 0 amide bonds. The highest BCUT2D eigenvalue weighted by atomic mass is 14.8. The lowest BCUT2D eigenvalue weighted by molar-refractivity contribution is 0.764. The fourth-order valence-electron chi connectivity index (χ4n) is 1.54. The van der Waals surface area contributed by atoms with Gasteiger partial charge in [-0.2, -0.15) is 5.26 Å². The SMILES string of the molecule is CC(N)c1nc(C2CC2)ccc1C#N. The number of hydrogen-bond donors (Lipinski definition) is 1. The molecule has 3 nitrogen and oxygen atoms in total. The Kier molecular flexibility index (Phi) is 2.22. The third kappa shape index (κ3) is 1.61. The number of rotatable bonds is 2. The van der Waals surface area contributed by atoms with Gasteiger partial charge in [-0.25, -0.2) is 0 Å². The maximum absolute atomic E-state index is 8.87.